The van der Waals surface area contributed by atoms with Gasteiger partial charge in [-0.15, -0.1) is 0 Å². The van der Waals surface area contributed by atoms with Crippen molar-refractivity contribution in [2.75, 3.05) is 0 Å². The number of benzene rings is 2. The minimum atomic E-state index is -0.917. The van der Waals surface area contributed by atoms with Gasteiger partial charge in [0.25, 0.3) is 0 Å². The molecule has 1 heterocycles. The number of carboxylic acid groups (broad SMARTS) is 1. The maximum Gasteiger partial charge on any atom is 0.335 e. The number of aromatic nitrogens is 2. The molecule has 4 nitrogen and oxygen atoms in total. The van der Waals surface area contributed by atoms with Crippen molar-refractivity contribution in [1.29, 1.82) is 0 Å². The lowest BCUT2D eigenvalue weighted by Crippen LogP contribution is -2.02. The molecule has 0 aliphatic heterocycles. The summed E-state index contributed by atoms with van der Waals surface area (Å²) in [6.07, 6.45) is 3.54. The molecule has 3 aromatic rings. The Morgan fingerprint density at radius 3 is 2.64 bits per heavy atom. The van der Waals surface area contributed by atoms with Crippen LogP contribution in [0.15, 0.2) is 48.5 Å². The van der Waals surface area contributed by atoms with Gasteiger partial charge in [0, 0.05) is 5.39 Å². The quantitative estimate of drug-likeness (QED) is 0.798. The lowest BCUT2D eigenvalue weighted by Gasteiger charge is -2.07. The molecule has 0 atom stereocenters. The number of fused-ring (bicyclic) bond motifs is 1. The maximum atomic E-state index is 11.2. The summed E-state index contributed by atoms with van der Waals surface area (Å²) in [7, 11) is 0. The third kappa shape index (κ3) is 2.26. The first kappa shape index (κ1) is 13.1. The van der Waals surface area contributed by atoms with Crippen LogP contribution in [0.2, 0.25) is 0 Å². The van der Waals surface area contributed by atoms with E-state index in [0.717, 1.165) is 28.9 Å². The number of hydrogen-bond acceptors (Lipinski definition) is 2. The van der Waals surface area contributed by atoms with E-state index < -0.39 is 5.97 Å². The number of para-hydroxylation sites is 1. The second kappa shape index (κ2) is 4.98. The third-order valence-electron chi connectivity index (χ3n) is 4.20. The normalized spacial score (nSPS) is 14.4. The van der Waals surface area contributed by atoms with Gasteiger partial charge < -0.3 is 5.11 Å². The molecule has 0 saturated heterocycles. The minimum absolute atomic E-state index is 0.281. The second-order valence-electron chi connectivity index (χ2n) is 5.88. The second-order valence-corrected chi connectivity index (χ2v) is 5.88. The molecule has 0 unspecified atom stereocenters. The summed E-state index contributed by atoms with van der Waals surface area (Å²) in [5.74, 6) is -0.179. The highest BCUT2D eigenvalue weighted by Crippen LogP contribution is 2.35. The summed E-state index contributed by atoms with van der Waals surface area (Å²) in [6, 6.07) is 15.2. The van der Waals surface area contributed by atoms with Crippen molar-refractivity contribution >= 4 is 16.9 Å². The van der Waals surface area contributed by atoms with E-state index >= 15 is 0 Å². The van der Waals surface area contributed by atoms with E-state index in [0.29, 0.717) is 0 Å². The van der Waals surface area contributed by atoms with Crippen LogP contribution in [0.4, 0.5) is 0 Å². The monoisotopic (exact) mass is 292 g/mol. The molecule has 1 aromatic heterocycles. The Labute approximate surface area is 128 Å². The topological polar surface area (TPSA) is 55.1 Å². The van der Waals surface area contributed by atoms with Gasteiger partial charge in [-0.3, -0.25) is 0 Å². The van der Waals surface area contributed by atoms with Crippen LogP contribution >= 0.6 is 0 Å². The summed E-state index contributed by atoms with van der Waals surface area (Å²) in [4.78, 5) is 11.2. The predicted molar refractivity (Wildman–Crippen MR) is 84.5 cm³/mol. The van der Waals surface area contributed by atoms with Crippen LogP contribution in [-0.2, 0) is 6.42 Å². The molecule has 0 bridgehead atoms. The first-order chi connectivity index (χ1) is 10.7. The third-order valence-corrected chi connectivity index (χ3v) is 4.20. The van der Waals surface area contributed by atoms with Crippen molar-refractivity contribution < 1.29 is 9.90 Å². The highest BCUT2D eigenvalue weighted by Gasteiger charge is 2.25. The first-order valence-electron chi connectivity index (χ1n) is 7.53. The number of hydrogen-bond donors (Lipinski definition) is 1. The Morgan fingerprint density at radius 2 is 1.95 bits per heavy atom. The molecule has 1 N–H and O–H groups in total. The van der Waals surface area contributed by atoms with Crippen LogP contribution in [0.5, 0.6) is 0 Å². The summed E-state index contributed by atoms with van der Waals surface area (Å²) in [5, 5.41) is 14.9. The SMILES string of the molecule is O=C(O)c1ccc2c(CC3CC3)n(-c3ccccc3)nc2c1. The van der Waals surface area contributed by atoms with Gasteiger partial charge in [-0.25, -0.2) is 9.48 Å². The number of carbonyl (C=O) groups is 1. The molecule has 110 valence electrons. The van der Waals surface area contributed by atoms with E-state index in [1.165, 1.54) is 18.5 Å². The summed E-state index contributed by atoms with van der Waals surface area (Å²) in [6.45, 7) is 0. The smallest absolute Gasteiger partial charge is 0.335 e. The van der Waals surface area contributed by atoms with E-state index in [-0.39, 0.29) is 5.56 Å². The van der Waals surface area contributed by atoms with Crippen LogP contribution in [-0.4, -0.2) is 20.9 Å². The maximum absolute atomic E-state index is 11.2. The van der Waals surface area contributed by atoms with Crippen molar-refractivity contribution in [3.8, 4) is 5.69 Å². The van der Waals surface area contributed by atoms with Crippen LogP contribution in [0.25, 0.3) is 16.6 Å². The Morgan fingerprint density at radius 1 is 1.18 bits per heavy atom. The Balaban J connectivity index is 1.91. The van der Waals surface area contributed by atoms with Gasteiger partial charge >= 0.3 is 5.97 Å². The molecule has 4 rings (SSSR count). The van der Waals surface area contributed by atoms with Crippen molar-refractivity contribution in [3.63, 3.8) is 0 Å². The van der Waals surface area contributed by atoms with Crippen molar-refractivity contribution in [2.24, 2.45) is 5.92 Å². The largest absolute Gasteiger partial charge is 0.478 e. The standard InChI is InChI=1S/C18H16N2O2/c21-18(22)13-8-9-15-16(11-13)19-20(14-4-2-1-3-5-14)17(15)10-12-6-7-12/h1-5,8-9,11-12H,6-7,10H2,(H,21,22). The molecule has 0 amide bonds. The zero-order valence-electron chi connectivity index (χ0n) is 12.1. The Kier molecular flexibility index (Phi) is 2.96. The van der Waals surface area contributed by atoms with Gasteiger partial charge in [-0.2, -0.15) is 5.10 Å². The summed E-state index contributed by atoms with van der Waals surface area (Å²) < 4.78 is 1.97. The number of nitrogens with zero attached hydrogens (tertiary/aromatic N) is 2. The van der Waals surface area contributed by atoms with Gasteiger partial charge in [0.15, 0.2) is 0 Å². The molecule has 1 aliphatic carbocycles. The van der Waals surface area contributed by atoms with E-state index in [1.807, 2.05) is 41.1 Å². The van der Waals surface area contributed by atoms with Crippen molar-refractivity contribution in [2.45, 2.75) is 19.3 Å². The number of rotatable bonds is 4. The minimum Gasteiger partial charge on any atom is -0.478 e. The van der Waals surface area contributed by atoms with Gasteiger partial charge in [0.1, 0.15) is 0 Å². The molecule has 22 heavy (non-hydrogen) atoms. The summed E-state index contributed by atoms with van der Waals surface area (Å²) in [5.41, 5.74) is 3.23. The van der Waals surface area contributed by atoms with Crippen LogP contribution in [0.1, 0.15) is 28.9 Å². The van der Waals surface area contributed by atoms with Gasteiger partial charge in [0.05, 0.1) is 22.5 Å². The zero-order valence-corrected chi connectivity index (χ0v) is 12.1. The van der Waals surface area contributed by atoms with Crippen molar-refractivity contribution in [1.82, 2.24) is 9.78 Å². The fraction of sp³-hybridized carbons (Fsp3) is 0.222. The van der Waals surface area contributed by atoms with E-state index in [1.54, 1.807) is 12.1 Å². The van der Waals surface area contributed by atoms with Crippen molar-refractivity contribution in [3.05, 3.63) is 59.8 Å². The molecule has 4 heteroatoms. The highest BCUT2D eigenvalue weighted by atomic mass is 16.4. The summed E-state index contributed by atoms with van der Waals surface area (Å²) >= 11 is 0. The molecule has 1 saturated carbocycles. The molecule has 0 radical (unpaired) electrons. The molecular formula is C18H16N2O2. The molecule has 0 spiro atoms. The van der Waals surface area contributed by atoms with Gasteiger partial charge in [0.2, 0.25) is 0 Å². The number of aromatic carboxylic acids is 1. The fourth-order valence-electron chi connectivity index (χ4n) is 2.85. The molecule has 1 aliphatic rings. The number of carboxylic acids is 1. The van der Waals surface area contributed by atoms with E-state index in [4.69, 9.17) is 5.11 Å². The van der Waals surface area contributed by atoms with E-state index in [9.17, 15) is 4.79 Å². The highest BCUT2D eigenvalue weighted by molar-refractivity contribution is 5.94. The van der Waals surface area contributed by atoms with Crippen LogP contribution in [0, 0.1) is 5.92 Å². The zero-order chi connectivity index (χ0) is 15.1. The van der Waals surface area contributed by atoms with Crippen LogP contribution in [0.3, 0.4) is 0 Å². The first-order valence-corrected chi connectivity index (χ1v) is 7.53. The average Bonchev–Trinajstić information content (AvgIpc) is 3.28. The predicted octanol–water partition coefficient (Wildman–Crippen LogP) is 3.68. The molecule has 2 aromatic carbocycles. The van der Waals surface area contributed by atoms with E-state index in [2.05, 4.69) is 5.10 Å². The van der Waals surface area contributed by atoms with Gasteiger partial charge in [-0.05, 0) is 49.4 Å². The molecule has 1 fully saturated rings. The average molecular weight is 292 g/mol. The Bertz CT molecular complexity index is 848. The van der Waals surface area contributed by atoms with Gasteiger partial charge in [-0.1, -0.05) is 24.3 Å². The lowest BCUT2D eigenvalue weighted by atomic mass is 10.1. The lowest BCUT2D eigenvalue weighted by molar-refractivity contribution is 0.0697. The molecular weight excluding hydrogens is 276 g/mol. The Hall–Kier alpha value is -2.62. The fourth-order valence-corrected chi connectivity index (χ4v) is 2.85. The van der Waals surface area contributed by atoms with Crippen LogP contribution < -0.4 is 0 Å².